The number of para-hydroxylation sites is 1. The van der Waals surface area contributed by atoms with Gasteiger partial charge < -0.3 is 4.57 Å². The van der Waals surface area contributed by atoms with Crippen molar-refractivity contribution >= 4 is 21.8 Å². The second-order valence-electron chi connectivity index (χ2n) is 12.7. The van der Waals surface area contributed by atoms with Crippen LogP contribution in [0, 0.1) is 11.3 Å². The zero-order chi connectivity index (χ0) is 31.1. The molecule has 0 aliphatic heterocycles. The third-order valence-electron chi connectivity index (χ3n) is 10.4. The van der Waals surface area contributed by atoms with Crippen LogP contribution in [0.2, 0.25) is 0 Å². The van der Waals surface area contributed by atoms with Crippen LogP contribution in [0.25, 0.3) is 49.7 Å². The summed E-state index contributed by atoms with van der Waals surface area (Å²) in [6.45, 7) is 0. The fourth-order valence-corrected chi connectivity index (χ4v) is 8.49. The predicted molar refractivity (Wildman–Crippen MR) is 191 cm³/mol. The summed E-state index contributed by atoms with van der Waals surface area (Å²) in [5, 5.41) is 12.8. The van der Waals surface area contributed by atoms with Crippen LogP contribution in [-0.4, -0.2) is 4.57 Å². The van der Waals surface area contributed by atoms with Crippen LogP contribution in [0.1, 0.15) is 50.8 Å². The molecule has 7 aromatic carbocycles. The van der Waals surface area contributed by atoms with Gasteiger partial charge in [0.25, 0.3) is 0 Å². The Balaban J connectivity index is 1.18. The number of fused-ring (bicyclic) bond motifs is 3. The Kier molecular flexibility index (Phi) is 5.50. The van der Waals surface area contributed by atoms with Gasteiger partial charge in [0.1, 0.15) is 0 Å². The lowest BCUT2D eigenvalue weighted by Gasteiger charge is -2.43. The summed E-state index contributed by atoms with van der Waals surface area (Å²) in [7, 11) is 0. The maximum absolute atomic E-state index is 10.4. The van der Waals surface area contributed by atoms with Gasteiger partial charge in [0, 0.05) is 28.3 Å². The van der Waals surface area contributed by atoms with E-state index in [1.807, 2.05) is 6.07 Å². The Morgan fingerprint density at radius 3 is 1.68 bits per heavy atom. The van der Waals surface area contributed by atoms with Gasteiger partial charge in [-0.15, -0.1) is 0 Å². The molecule has 0 saturated carbocycles. The molecule has 0 saturated heterocycles. The lowest BCUT2D eigenvalue weighted by Crippen LogP contribution is -2.29. The molecule has 3 aliphatic carbocycles. The van der Waals surface area contributed by atoms with Gasteiger partial charge in [-0.05, 0) is 92.0 Å². The SMILES string of the molecule is N#Cc1ccc(-c2ccc3c(c2)c2ccccc2n3-c2ccc(-c3ccccc3)cc2)c2c1C1c3ccccc3C2c2ccccc21. The van der Waals surface area contributed by atoms with E-state index < -0.39 is 0 Å². The predicted octanol–water partition coefficient (Wildman–Crippen LogP) is 11.0. The van der Waals surface area contributed by atoms with Gasteiger partial charge in [0.05, 0.1) is 22.7 Å². The Hall–Kier alpha value is -6.17. The van der Waals surface area contributed by atoms with Crippen LogP contribution in [0.3, 0.4) is 0 Å². The molecule has 11 rings (SSSR count). The zero-order valence-electron chi connectivity index (χ0n) is 25.6. The highest BCUT2D eigenvalue weighted by molar-refractivity contribution is 6.10. The molecule has 1 heterocycles. The van der Waals surface area contributed by atoms with E-state index >= 15 is 0 Å². The van der Waals surface area contributed by atoms with Crippen molar-refractivity contribution in [3.63, 3.8) is 0 Å². The number of nitriles is 1. The Bertz CT molecular complexity index is 2530. The molecule has 0 N–H and O–H groups in total. The first kappa shape index (κ1) is 26.1. The summed E-state index contributed by atoms with van der Waals surface area (Å²) in [6, 6.07) is 59.5. The summed E-state index contributed by atoms with van der Waals surface area (Å²) < 4.78 is 2.38. The van der Waals surface area contributed by atoms with E-state index in [-0.39, 0.29) is 11.8 Å². The smallest absolute Gasteiger partial charge is 0.0994 e. The van der Waals surface area contributed by atoms with Crippen molar-refractivity contribution in [3.8, 4) is 34.0 Å². The average molecular weight is 597 g/mol. The van der Waals surface area contributed by atoms with Crippen molar-refractivity contribution in [3.05, 3.63) is 197 Å². The number of nitrogens with zero attached hydrogens (tertiary/aromatic N) is 2. The molecule has 3 aliphatic rings. The highest BCUT2D eigenvalue weighted by Crippen LogP contribution is 2.58. The van der Waals surface area contributed by atoms with E-state index in [4.69, 9.17) is 0 Å². The maximum atomic E-state index is 10.4. The normalized spacial score (nSPS) is 15.6. The van der Waals surface area contributed by atoms with Crippen LogP contribution < -0.4 is 0 Å². The highest BCUT2D eigenvalue weighted by Gasteiger charge is 2.43. The van der Waals surface area contributed by atoms with E-state index in [1.54, 1.807) is 0 Å². The van der Waals surface area contributed by atoms with Crippen molar-refractivity contribution in [2.24, 2.45) is 0 Å². The number of benzene rings is 7. The Labute approximate surface area is 273 Å². The van der Waals surface area contributed by atoms with Crippen molar-refractivity contribution in [1.82, 2.24) is 4.57 Å². The van der Waals surface area contributed by atoms with Crippen molar-refractivity contribution < 1.29 is 0 Å². The van der Waals surface area contributed by atoms with Crippen molar-refractivity contribution in [2.45, 2.75) is 11.8 Å². The van der Waals surface area contributed by atoms with Gasteiger partial charge in [-0.2, -0.15) is 5.26 Å². The second kappa shape index (κ2) is 9.91. The first-order valence-electron chi connectivity index (χ1n) is 16.2. The van der Waals surface area contributed by atoms with Gasteiger partial charge in [-0.1, -0.05) is 121 Å². The first-order valence-corrected chi connectivity index (χ1v) is 16.2. The lowest BCUT2D eigenvalue weighted by molar-refractivity contribution is 0.753. The minimum atomic E-state index is 0.0569. The quantitative estimate of drug-likeness (QED) is 0.199. The minimum absolute atomic E-state index is 0.0569. The molecule has 2 heteroatoms. The molecule has 0 fully saturated rings. The number of hydrogen-bond acceptors (Lipinski definition) is 1. The molecule has 0 atom stereocenters. The van der Waals surface area contributed by atoms with Crippen LogP contribution in [0.5, 0.6) is 0 Å². The van der Waals surface area contributed by atoms with E-state index in [0.29, 0.717) is 0 Å². The number of rotatable bonds is 3. The standard InChI is InChI=1S/C45H28N2/c46-27-31-20-24-33(45-42(31)43-35-13-4-6-15-37(35)44(45)38-16-7-5-14-36(38)43)30-21-25-41-39(26-30)34-12-8-9-17-40(34)47(41)32-22-18-29(19-23-32)28-10-2-1-3-11-28/h1-26,43-44H. The number of aromatic nitrogens is 1. The molecule has 2 bridgehead atoms. The summed E-state index contributed by atoms with van der Waals surface area (Å²) >= 11 is 0. The summed E-state index contributed by atoms with van der Waals surface area (Å²) in [5.41, 5.74) is 16.9. The largest absolute Gasteiger partial charge is 0.309 e. The third kappa shape index (κ3) is 3.66. The Morgan fingerprint density at radius 1 is 0.447 bits per heavy atom. The summed E-state index contributed by atoms with van der Waals surface area (Å²) in [4.78, 5) is 0. The van der Waals surface area contributed by atoms with Gasteiger partial charge in [0.15, 0.2) is 0 Å². The van der Waals surface area contributed by atoms with Gasteiger partial charge >= 0.3 is 0 Å². The molecular weight excluding hydrogens is 569 g/mol. The zero-order valence-corrected chi connectivity index (χ0v) is 25.6. The average Bonchev–Trinajstić information content (AvgIpc) is 3.48. The molecule has 218 valence electrons. The topological polar surface area (TPSA) is 28.7 Å². The molecule has 0 unspecified atom stereocenters. The van der Waals surface area contributed by atoms with E-state index in [1.165, 1.54) is 77.4 Å². The van der Waals surface area contributed by atoms with Gasteiger partial charge in [0.2, 0.25) is 0 Å². The van der Waals surface area contributed by atoms with Gasteiger partial charge in [-0.3, -0.25) is 0 Å². The molecule has 8 aromatic rings. The lowest BCUT2D eigenvalue weighted by atomic mass is 9.59. The molecule has 47 heavy (non-hydrogen) atoms. The minimum Gasteiger partial charge on any atom is -0.309 e. The Morgan fingerprint density at radius 2 is 1.00 bits per heavy atom. The maximum Gasteiger partial charge on any atom is 0.0994 e. The second-order valence-corrected chi connectivity index (χ2v) is 12.7. The van der Waals surface area contributed by atoms with Crippen LogP contribution in [0.4, 0.5) is 0 Å². The van der Waals surface area contributed by atoms with Crippen LogP contribution in [0.15, 0.2) is 158 Å². The van der Waals surface area contributed by atoms with E-state index in [9.17, 15) is 5.26 Å². The fraction of sp³-hybridized carbons (Fsp3) is 0.0444. The van der Waals surface area contributed by atoms with Crippen molar-refractivity contribution in [1.29, 1.82) is 5.26 Å². The van der Waals surface area contributed by atoms with Crippen molar-refractivity contribution in [2.75, 3.05) is 0 Å². The molecule has 2 nitrogen and oxygen atoms in total. The summed E-state index contributed by atoms with van der Waals surface area (Å²) in [6.07, 6.45) is 0. The van der Waals surface area contributed by atoms with Crippen LogP contribution in [-0.2, 0) is 0 Å². The molecule has 0 spiro atoms. The van der Waals surface area contributed by atoms with Crippen LogP contribution >= 0.6 is 0 Å². The summed E-state index contributed by atoms with van der Waals surface area (Å²) in [5.74, 6) is 0.146. The first-order chi connectivity index (χ1) is 23.3. The van der Waals surface area contributed by atoms with Gasteiger partial charge in [-0.25, -0.2) is 0 Å². The highest BCUT2D eigenvalue weighted by atomic mass is 15.0. The number of hydrogen-bond donors (Lipinski definition) is 0. The fourth-order valence-electron chi connectivity index (χ4n) is 8.49. The monoisotopic (exact) mass is 596 g/mol. The molecule has 0 amide bonds. The van der Waals surface area contributed by atoms with E-state index in [2.05, 4.69) is 162 Å². The van der Waals surface area contributed by atoms with E-state index in [0.717, 1.165) is 11.3 Å². The molecule has 0 radical (unpaired) electrons. The molecule has 1 aromatic heterocycles. The third-order valence-corrected chi connectivity index (χ3v) is 10.4. The molecular formula is C45H28N2.